The number of rotatable bonds is 4. The van der Waals surface area contributed by atoms with Gasteiger partial charge in [0.1, 0.15) is 0 Å². The Morgan fingerprint density at radius 1 is 0.864 bits per heavy atom. The number of carboxylic acid groups (broad SMARTS) is 2. The molecule has 3 rings (SSSR count). The van der Waals surface area contributed by atoms with E-state index in [9.17, 15) is 9.59 Å². The Labute approximate surface area is 122 Å². The van der Waals surface area contributed by atoms with Gasteiger partial charge in [0.05, 0.1) is 23.8 Å². The van der Waals surface area contributed by atoms with Gasteiger partial charge in [0.15, 0.2) is 11.4 Å². The molecule has 10 nitrogen and oxygen atoms in total. The average Bonchev–Trinajstić information content (AvgIpc) is 3.17. The minimum absolute atomic E-state index is 0.181. The van der Waals surface area contributed by atoms with Gasteiger partial charge in [0.25, 0.3) is 0 Å². The smallest absolute Gasteiger partial charge is 0.358 e. The monoisotopic (exact) mass is 300 g/mol. The van der Waals surface area contributed by atoms with Crippen LogP contribution in [0.3, 0.4) is 0 Å². The molecular formula is C12H8N6O4. The van der Waals surface area contributed by atoms with E-state index >= 15 is 0 Å². The molecule has 0 saturated heterocycles. The maximum Gasteiger partial charge on any atom is 0.358 e. The van der Waals surface area contributed by atoms with Crippen molar-refractivity contribution < 1.29 is 19.8 Å². The second kappa shape index (κ2) is 5.09. The highest BCUT2D eigenvalue weighted by Gasteiger charge is 2.12. The molecule has 2 heterocycles. The van der Waals surface area contributed by atoms with E-state index in [-0.39, 0.29) is 11.4 Å². The Bertz CT molecular complexity index is 800. The van der Waals surface area contributed by atoms with E-state index in [1.807, 2.05) is 0 Å². The lowest BCUT2D eigenvalue weighted by Crippen LogP contribution is -1.99. The lowest BCUT2D eigenvalue weighted by molar-refractivity contribution is 0.0679. The molecule has 0 fully saturated rings. The summed E-state index contributed by atoms with van der Waals surface area (Å²) in [5.74, 6) is -2.35. The third-order valence-corrected chi connectivity index (χ3v) is 2.78. The van der Waals surface area contributed by atoms with Crippen molar-refractivity contribution in [1.82, 2.24) is 30.0 Å². The van der Waals surface area contributed by atoms with Gasteiger partial charge in [-0.25, -0.2) is 19.0 Å². The fourth-order valence-corrected chi connectivity index (χ4v) is 1.75. The van der Waals surface area contributed by atoms with Crippen LogP contribution in [0.15, 0.2) is 36.7 Å². The number of aromatic carboxylic acids is 2. The van der Waals surface area contributed by atoms with Gasteiger partial charge in [0.2, 0.25) is 0 Å². The summed E-state index contributed by atoms with van der Waals surface area (Å²) in [5, 5.41) is 32.2. The minimum Gasteiger partial charge on any atom is -0.476 e. The molecule has 1 aromatic carbocycles. The summed E-state index contributed by atoms with van der Waals surface area (Å²) in [4.78, 5) is 21.6. The number of carbonyl (C=O) groups is 2. The first-order chi connectivity index (χ1) is 10.5. The van der Waals surface area contributed by atoms with Gasteiger partial charge >= 0.3 is 11.9 Å². The zero-order valence-corrected chi connectivity index (χ0v) is 10.9. The molecule has 0 aliphatic rings. The fraction of sp³-hybridized carbons (Fsp3) is 0. The molecule has 10 heteroatoms. The molecule has 2 N–H and O–H groups in total. The highest BCUT2D eigenvalue weighted by molar-refractivity contribution is 5.85. The van der Waals surface area contributed by atoms with E-state index in [0.29, 0.717) is 11.4 Å². The molecule has 0 bridgehead atoms. The quantitative estimate of drug-likeness (QED) is 0.699. The van der Waals surface area contributed by atoms with Crippen LogP contribution in [0.4, 0.5) is 0 Å². The minimum atomic E-state index is -1.18. The summed E-state index contributed by atoms with van der Waals surface area (Å²) in [6.45, 7) is 0. The van der Waals surface area contributed by atoms with Crippen LogP contribution in [0.25, 0.3) is 11.4 Å². The van der Waals surface area contributed by atoms with Crippen LogP contribution in [-0.4, -0.2) is 52.1 Å². The molecule has 0 aliphatic carbocycles. The molecule has 0 atom stereocenters. The maximum absolute atomic E-state index is 10.8. The Hall–Kier alpha value is -3.56. The van der Waals surface area contributed by atoms with Crippen LogP contribution in [0.2, 0.25) is 0 Å². The molecule has 0 spiro atoms. The summed E-state index contributed by atoms with van der Waals surface area (Å²) >= 11 is 0. The van der Waals surface area contributed by atoms with Crippen LogP contribution in [0.1, 0.15) is 21.0 Å². The zero-order chi connectivity index (χ0) is 15.7. The SMILES string of the molecule is O=C(O)c1cn(-c2cccc(-n3cc(C(=O)O)nn3)c2)nn1. The molecule has 0 saturated carbocycles. The van der Waals surface area contributed by atoms with E-state index in [0.717, 1.165) is 0 Å². The van der Waals surface area contributed by atoms with Gasteiger partial charge in [-0.15, -0.1) is 10.2 Å². The van der Waals surface area contributed by atoms with E-state index in [1.54, 1.807) is 24.3 Å². The van der Waals surface area contributed by atoms with Crippen molar-refractivity contribution >= 4 is 11.9 Å². The molecule has 22 heavy (non-hydrogen) atoms. The van der Waals surface area contributed by atoms with Crippen molar-refractivity contribution in [3.05, 3.63) is 48.0 Å². The largest absolute Gasteiger partial charge is 0.476 e. The lowest BCUT2D eigenvalue weighted by atomic mass is 10.3. The van der Waals surface area contributed by atoms with Crippen molar-refractivity contribution in [2.75, 3.05) is 0 Å². The van der Waals surface area contributed by atoms with E-state index in [4.69, 9.17) is 10.2 Å². The van der Waals surface area contributed by atoms with E-state index in [2.05, 4.69) is 20.6 Å². The first-order valence-electron chi connectivity index (χ1n) is 5.97. The summed E-state index contributed by atoms with van der Waals surface area (Å²) in [5.41, 5.74) is 0.730. The highest BCUT2D eigenvalue weighted by atomic mass is 16.4. The molecule has 2 aromatic heterocycles. The Balaban J connectivity index is 1.97. The lowest BCUT2D eigenvalue weighted by Gasteiger charge is -2.03. The number of hydrogen-bond acceptors (Lipinski definition) is 6. The number of hydrogen-bond donors (Lipinski definition) is 2. The van der Waals surface area contributed by atoms with Crippen LogP contribution in [-0.2, 0) is 0 Å². The van der Waals surface area contributed by atoms with Gasteiger partial charge in [-0.3, -0.25) is 0 Å². The van der Waals surface area contributed by atoms with Crippen LogP contribution in [0, 0.1) is 0 Å². The zero-order valence-electron chi connectivity index (χ0n) is 10.9. The topological polar surface area (TPSA) is 136 Å². The second-order valence-corrected chi connectivity index (χ2v) is 4.23. The average molecular weight is 300 g/mol. The molecule has 0 amide bonds. The van der Waals surface area contributed by atoms with Crippen molar-refractivity contribution in [3.8, 4) is 11.4 Å². The van der Waals surface area contributed by atoms with Crippen molar-refractivity contribution in [1.29, 1.82) is 0 Å². The van der Waals surface area contributed by atoms with Crippen molar-refractivity contribution in [2.45, 2.75) is 0 Å². The third-order valence-electron chi connectivity index (χ3n) is 2.78. The number of carboxylic acids is 2. The number of nitrogens with zero attached hydrogens (tertiary/aromatic N) is 6. The van der Waals surface area contributed by atoms with Crippen molar-refractivity contribution in [3.63, 3.8) is 0 Å². The van der Waals surface area contributed by atoms with Gasteiger partial charge in [-0.2, -0.15) is 0 Å². The Morgan fingerprint density at radius 2 is 1.32 bits per heavy atom. The highest BCUT2D eigenvalue weighted by Crippen LogP contribution is 2.13. The molecule has 0 aliphatic heterocycles. The summed E-state index contributed by atoms with van der Waals surface area (Å²) < 4.78 is 2.59. The first kappa shape index (κ1) is 13.4. The van der Waals surface area contributed by atoms with E-state index < -0.39 is 11.9 Å². The Kier molecular flexibility index (Phi) is 3.10. The van der Waals surface area contributed by atoms with Crippen molar-refractivity contribution in [2.24, 2.45) is 0 Å². The van der Waals surface area contributed by atoms with Crippen LogP contribution in [0.5, 0.6) is 0 Å². The fourth-order valence-electron chi connectivity index (χ4n) is 1.75. The predicted molar refractivity (Wildman–Crippen MR) is 70.2 cm³/mol. The summed E-state index contributed by atoms with van der Waals surface area (Å²) in [6, 6.07) is 6.72. The molecular weight excluding hydrogens is 292 g/mol. The van der Waals surface area contributed by atoms with Gasteiger partial charge in [0, 0.05) is 0 Å². The van der Waals surface area contributed by atoms with Crippen LogP contribution < -0.4 is 0 Å². The molecule has 3 aromatic rings. The number of aromatic nitrogens is 6. The predicted octanol–water partition coefficient (Wildman–Crippen LogP) is 0.244. The van der Waals surface area contributed by atoms with E-state index in [1.165, 1.54) is 21.8 Å². The second-order valence-electron chi connectivity index (χ2n) is 4.23. The third kappa shape index (κ3) is 2.40. The van der Waals surface area contributed by atoms with Gasteiger partial charge in [-0.1, -0.05) is 16.5 Å². The Morgan fingerprint density at radius 3 is 1.68 bits per heavy atom. The normalized spacial score (nSPS) is 10.5. The molecule has 0 unspecified atom stereocenters. The molecule has 110 valence electrons. The van der Waals surface area contributed by atoms with Gasteiger partial charge < -0.3 is 10.2 Å². The van der Waals surface area contributed by atoms with Crippen LogP contribution >= 0.6 is 0 Å². The standard InChI is InChI=1S/C12H8N6O4/c19-11(20)9-5-17(15-13-9)7-2-1-3-8(4-7)18-6-10(12(21)22)14-16-18/h1-6H,(H,19,20)(H,21,22). The summed E-state index contributed by atoms with van der Waals surface area (Å²) in [7, 11) is 0. The maximum atomic E-state index is 10.8. The first-order valence-corrected chi connectivity index (χ1v) is 5.97. The van der Waals surface area contributed by atoms with Gasteiger partial charge in [-0.05, 0) is 18.2 Å². The molecule has 0 radical (unpaired) electrons. The number of benzene rings is 1. The summed E-state index contributed by atoms with van der Waals surface area (Å²) in [6.07, 6.45) is 2.54.